The number of carbonyl (C=O) groups excluding carboxylic acids is 1. The molecule has 15 heavy (non-hydrogen) atoms. The van der Waals surface area contributed by atoms with Gasteiger partial charge in [0.2, 0.25) is 5.91 Å². The van der Waals surface area contributed by atoms with Crippen molar-refractivity contribution >= 4 is 27.3 Å². The van der Waals surface area contributed by atoms with Crippen LogP contribution in [-0.2, 0) is 16.2 Å². The largest absolute Gasteiger partial charge is 0.273 e. The van der Waals surface area contributed by atoms with Gasteiger partial charge in [0.1, 0.15) is 6.61 Å². The van der Waals surface area contributed by atoms with Gasteiger partial charge in [0.05, 0.1) is 0 Å². The van der Waals surface area contributed by atoms with Gasteiger partial charge in [-0.25, -0.2) is 5.48 Å². The van der Waals surface area contributed by atoms with E-state index in [9.17, 15) is 4.79 Å². The van der Waals surface area contributed by atoms with Crippen LogP contribution in [0.2, 0.25) is 0 Å². The van der Waals surface area contributed by atoms with Gasteiger partial charge in [-0.2, -0.15) is 0 Å². The first-order valence-electron chi connectivity index (χ1n) is 4.61. The van der Waals surface area contributed by atoms with E-state index >= 15 is 0 Å². The summed E-state index contributed by atoms with van der Waals surface area (Å²) in [6.45, 7) is 1.83. The summed E-state index contributed by atoms with van der Waals surface area (Å²) in [7, 11) is 0. The fourth-order valence-electron chi connectivity index (χ4n) is 1.36. The van der Waals surface area contributed by atoms with E-state index in [0.29, 0.717) is 6.61 Å². The molecule has 1 aromatic carbocycles. The summed E-state index contributed by atoms with van der Waals surface area (Å²) >= 11 is 1.68. The molecule has 0 fully saturated rings. The fourth-order valence-corrected chi connectivity index (χ4v) is 2.31. The number of nitrogens with one attached hydrogen (secondary N) is 1. The van der Waals surface area contributed by atoms with E-state index in [1.807, 2.05) is 17.5 Å². The van der Waals surface area contributed by atoms with Crippen LogP contribution in [0.25, 0.3) is 10.1 Å². The Kier molecular flexibility index (Phi) is 2.99. The predicted molar refractivity (Wildman–Crippen MR) is 60.4 cm³/mol. The molecule has 1 amide bonds. The molecule has 0 saturated carbocycles. The average molecular weight is 221 g/mol. The maximum absolute atomic E-state index is 10.6. The first-order chi connectivity index (χ1) is 7.27. The van der Waals surface area contributed by atoms with E-state index in [4.69, 9.17) is 4.84 Å². The molecule has 0 bridgehead atoms. The fraction of sp³-hybridized carbons (Fsp3) is 0.182. The standard InChI is InChI=1S/C11H11NO2S/c1-8(13)12-14-6-9-7-15-11-5-3-2-4-10(9)11/h2-5,7H,6H2,1H3,(H,12,13). The number of hydrogen-bond donors (Lipinski definition) is 1. The van der Waals surface area contributed by atoms with E-state index in [1.54, 1.807) is 11.3 Å². The van der Waals surface area contributed by atoms with Crippen LogP contribution in [0, 0.1) is 0 Å². The van der Waals surface area contributed by atoms with Gasteiger partial charge in [-0.15, -0.1) is 11.3 Å². The number of thiophene rings is 1. The summed E-state index contributed by atoms with van der Waals surface area (Å²) in [5, 5.41) is 3.24. The Hall–Kier alpha value is -1.39. The van der Waals surface area contributed by atoms with E-state index in [1.165, 1.54) is 17.0 Å². The van der Waals surface area contributed by atoms with E-state index < -0.39 is 0 Å². The van der Waals surface area contributed by atoms with Crippen LogP contribution in [-0.4, -0.2) is 5.91 Å². The van der Waals surface area contributed by atoms with Gasteiger partial charge < -0.3 is 0 Å². The molecule has 78 valence electrons. The first-order valence-corrected chi connectivity index (χ1v) is 5.49. The highest BCUT2D eigenvalue weighted by atomic mass is 32.1. The van der Waals surface area contributed by atoms with Gasteiger partial charge in [-0.3, -0.25) is 9.63 Å². The van der Waals surface area contributed by atoms with Crippen molar-refractivity contribution in [1.82, 2.24) is 5.48 Å². The van der Waals surface area contributed by atoms with Crippen molar-refractivity contribution in [3.8, 4) is 0 Å². The highest BCUT2D eigenvalue weighted by molar-refractivity contribution is 7.17. The van der Waals surface area contributed by atoms with Gasteiger partial charge >= 0.3 is 0 Å². The van der Waals surface area contributed by atoms with E-state index in [0.717, 1.165) is 5.56 Å². The number of rotatable bonds is 3. The maximum atomic E-state index is 10.6. The Bertz CT molecular complexity index is 478. The Balaban J connectivity index is 2.11. The third kappa shape index (κ3) is 2.34. The molecule has 0 unspecified atom stereocenters. The van der Waals surface area contributed by atoms with Crippen LogP contribution in [0.1, 0.15) is 12.5 Å². The Labute approximate surface area is 91.6 Å². The molecule has 0 aliphatic rings. The highest BCUT2D eigenvalue weighted by Crippen LogP contribution is 2.25. The average Bonchev–Trinajstić information content (AvgIpc) is 2.62. The quantitative estimate of drug-likeness (QED) is 0.808. The molecule has 1 aromatic heterocycles. The van der Waals surface area contributed by atoms with Gasteiger partial charge in [0.25, 0.3) is 0 Å². The van der Waals surface area contributed by atoms with Crippen molar-refractivity contribution in [2.45, 2.75) is 13.5 Å². The van der Waals surface area contributed by atoms with Gasteiger partial charge in [-0.1, -0.05) is 18.2 Å². The summed E-state index contributed by atoms with van der Waals surface area (Å²) in [5.41, 5.74) is 3.42. The lowest BCUT2D eigenvalue weighted by molar-refractivity contribution is -0.132. The van der Waals surface area contributed by atoms with Crippen LogP contribution >= 0.6 is 11.3 Å². The summed E-state index contributed by atoms with van der Waals surface area (Å²) in [6, 6.07) is 8.13. The molecular weight excluding hydrogens is 210 g/mol. The molecule has 0 aliphatic carbocycles. The molecule has 3 nitrogen and oxygen atoms in total. The number of benzene rings is 1. The number of carbonyl (C=O) groups is 1. The van der Waals surface area contributed by atoms with Crippen LogP contribution in [0.15, 0.2) is 29.6 Å². The molecule has 0 atom stereocenters. The molecule has 0 saturated heterocycles. The molecular formula is C11H11NO2S. The third-order valence-corrected chi connectivity index (χ3v) is 3.02. The minimum atomic E-state index is -0.186. The lowest BCUT2D eigenvalue weighted by atomic mass is 10.2. The summed E-state index contributed by atoms with van der Waals surface area (Å²) in [6.07, 6.45) is 0. The van der Waals surface area contributed by atoms with Crippen molar-refractivity contribution in [3.63, 3.8) is 0 Å². The smallest absolute Gasteiger partial charge is 0.240 e. The Morgan fingerprint density at radius 3 is 3.07 bits per heavy atom. The minimum Gasteiger partial charge on any atom is -0.273 e. The number of hydrogen-bond acceptors (Lipinski definition) is 3. The molecule has 0 aliphatic heterocycles. The molecule has 0 radical (unpaired) electrons. The number of amides is 1. The Morgan fingerprint density at radius 1 is 1.47 bits per heavy atom. The first kappa shape index (κ1) is 10.1. The Morgan fingerprint density at radius 2 is 2.27 bits per heavy atom. The van der Waals surface area contributed by atoms with Crippen molar-refractivity contribution in [2.24, 2.45) is 0 Å². The van der Waals surface area contributed by atoms with Gasteiger partial charge in [0, 0.05) is 11.6 Å². The lowest BCUT2D eigenvalue weighted by Gasteiger charge is -2.01. The maximum Gasteiger partial charge on any atom is 0.240 e. The molecule has 1 heterocycles. The van der Waals surface area contributed by atoms with Crippen molar-refractivity contribution in [2.75, 3.05) is 0 Å². The number of fused-ring (bicyclic) bond motifs is 1. The molecule has 2 aromatic rings. The van der Waals surface area contributed by atoms with Gasteiger partial charge in [0.15, 0.2) is 0 Å². The lowest BCUT2D eigenvalue weighted by Crippen LogP contribution is -2.19. The van der Waals surface area contributed by atoms with Crippen molar-refractivity contribution in [3.05, 3.63) is 35.2 Å². The third-order valence-electron chi connectivity index (χ3n) is 2.00. The summed E-state index contributed by atoms with van der Waals surface area (Å²) < 4.78 is 1.24. The zero-order valence-electron chi connectivity index (χ0n) is 8.32. The van der Waals surface area contributed by atoms with Crippen LogP contribution < -0.4 is 5.48 Å². The van der Waals surface area contributed by atoms with Crippen LogP contribution in [0.5, 0.6) is 0 Å². The minimum absolute atomic E-state index is 0.186. The van der Waals surface area contributed by atoms with Crippen molar-refractivity contribution in [1.29, 1.82) is 0 Å². The topological polar surface area (TPSA) is 38.3 Å². The highest BCUT2D eigenvalue weighted by Gasteiger charge is 2.03. The zero-order chi connectivity index (χ0) is 10.7. The SMILES string of the molecule is CC(=O)NOCc1csc2ccccc12. The monoisotopic (exact) mass is 221 g/mol. The van der Waals surface area contributed by atoms with Crippen LogP contribution in [0.3, 0.4) is 0 Å². The predicted octanol–water partition coefficient (Wildman–Crippen LogP) is 2.47. The normalized spacial score (nSPS) is 10.5. The second kappa shape index (κ2) is 4.42. The zero-order valence-corrected chi connectivity index (χ0v) is 9.14. The van der Waals surface area contributed by atoms with Gasteiger partial charge in [-0.05, 0) is 22.4 Å². The van der Waals surface area contributed by atoms with E-state index in [2.05, 4.69) is 17.6 Å². The summed E-state index contributed by atoms with van der Waals surface area (Å²) in [5.74, 6) is -0.186. The molecule has 4 heteroatoms. The van der Waals surface area contributed by atoms with Crippen molar-refractivity contribution < 1.29 is 9.63 Å². The molecule has 1 N–H and O–H groups in total. The molecule has 2 rings (SSSR count). The van der Waals surface area contributed by atoms with E-state index in [-0.39, 0.29) is 5.91 Å². The number of hydroxylamine groups is 1. The second-order valence-electron chi connectivity index (χ2n) is 3.20. The second-order valence-corrected chi connectivity index (χ2v) is 4.12. The van der Waals surface area contributed by atoms with Crippen LogP contribution in [0.4, 0.5) is 0 Å². The molecule has 0 spiro atoms. The summed E-state index contributed by atoms with van der Waals surface area (Å²) in [4.78, 5) is 15.7.